The Kier molecular flexibility index (Phi) is 7.07. The van der Waals surface area contributed by atoms with E-state index in [9.17, 15) is 22.8 Å². The third-order valence-corrected chi connectivity index (χ3v) is 6.96. The molecule has 196 valence electrons. The first kappa shape index (κ1) is 25.7. The Balaban J connectivity index is 1.36. The number of pyridine rings is 1. The highest BCUT2D eigenvalue weighted by Crippen LogP contribution is 2.31. The minimum absolute atomic E-state index is 0.0168. The molecule has 2 heterocycles. The predicted octanol–water partition coefficient (Wildman–Crippen LogP) is 6.15. The molecular formula is C27H23ClF3N5O2. The average molecular weight is 542 g/mol. The minimum Gasteiger partial charge on any atom is -0.352 e. The molecule has 0 atom stereocenters. The molecule has 0 aliphatic heterocycles. The van der Waals surface area contributed by atoms with Gasteiger partial charge in [0.1, 0.15) is 0 Å². The molecule has 0 radical (unpaired) electrons. The van der Waals surface area contributed by atoms with Crippen LogP contribution in [0, 0.1) is 5.92 Å². The highest BCUT2D eigenvalue weighted by Gasteiger charge is 2.31. The van der Waals surface area contributed by atoms with Crippen LogP contribution >= 0.6 is 11.6 Å². The Labute approximate surface area is 221 Å². The van der Waals surface area contributed by atoms with E-state index in [-0.39, 0.29) is 34.6 Å². The Bertz CT molecular complexity index is 1510. The molecule has 38 heavy (non-hydrogen) atoms. The van der Waals surface area contributed by atoms with Gasteiger partial charge in [-0.25, -0.2) is 4.68 Å². The SMILES string of the molecule is O=C(Nc1cccc2c1cnn2-c1cncc(C(F)(F)F)c1)c1cc(CNC(=O)C2CCCC2)ccc1Cl. The predicted molar refractivity (Wildman–Crippen MR) is 137 cm³/mol. The van der Waals surface area contributed by atoms with Crippen molar-refractivity contribution in [1.82, 2.24) is 20.1 Å². The molecule has 0 bridgehead atoms. The number of benzene rings is 2. The fraction of sp³-hybridized carbons (Fsp3) is 0.259. The molecule has 11 heteroatoms. The molecule has 0 saturated heterocycles. The van der Waals surface area contributed by atoms with Gasteiger partial charge in [0.2, 0.25) is 5.91 Å². The van der Waals surface area contributed by atoms with Gasteiger partial charge in [-0.3, -0.25) is 14.6 Å². The second-order valence-electron chi connectivity index (χ2n) is 9.19. The van der Waals surface area contributed by atoms with Gasteiger partial charge in [-0.2, -0.15) is 18.3 Å². The van der Waals surface area contributed by atoms with E-state index in [4.69, 9.17) is 11.6 Å². The first-order chi connectivity index (χ1) is 18.2. The van der Waals surface area contributed by atoms with Crippen molar-refractivity contribution < 1.29 is 22.8 Å². The summed E-state index contributed by atoms with van der Waals surface area (Å²) < 4.78 is 40.8. The second kappa shape index (κ2) is 10.4. The lowest BCUT2D eigenvalue weighted by atomic mass is 10.1. The van der Waals surface area contributed by atoms with Crippen LogP contribution < -0.4 is 10.6 Å². The number of rotatable bonds is 6. The molecule has 0 spiro atoms. The molecule has 5 rings (SSSR count). The number of fused-ring (bicyclic) bond motifs is 1. The summed E-state index contributed by atoms with van der Waals surface area (Å²) in [5.41, 5.74) is 1.10. The number of halogens is 4. The lowest BCUT2D eigenvalue weighted by Crippen LogP contribution is -2.28. The molecule has 1 aliphatic carbocycles. The summed E-state index contributed by atoms with van der Waals surface area (Å²) in [5, 5.41) is 10.7. The fourth-order valence-electron chi connectivity index (χ4n) is 4.63. The second-order valence-corrected chi connectivity index (χ2v) is 9.60. The van der Waals surface area contributed by atoms with Gasteiger partial charge >= 0.3 is 6.18 Å². The zero-order valence-corrected chi connectivity index (χ0v) is 20.8. The van der Waals surface area contributed by atoms with E-state index in [0.717, 1.165) is 43.5 Å². The van der Waals surface area contributed by atoms with Crippen molar-refractivity contribution in [2.45, 2.75) is 38.4 Å². The molecule has 1 fully saturated rings. The lowest BCUT2D eigenvalue weighted by Gasteiger charge is -2.12. The van der Waals surface area contributed by atoms with Gasteiger partial charge in [0, 0.05) is 24.0 Å². The largest absolute Gasteiger partial charge is 0.417 e. The number of carbonyl (C=O) groups is 2. The van der Waals surface area contributed by atoms with Crippen molar-refractivity contribution in [3.05, 3.63) is 82.8 Å². The number of nitrogens with zero attached hydrogens (tertiary/aromatic N) is 3. The van der Waals surface area contributed by atoms with Gasteiger partial charge in [0.25, 0.3) is 5.91 Å². The van der Waals surface area contributed by atoms with Gasteiger partial charge < -0.3 is 10.6 Å². The van der Waals surface area contributed by atoms with Crippen LogP contribution in [0.25, 0.3) is 16.6 Å². The Hall–Kier alpha value is -3.92. The molecular weight excluding hydrogens is 519 g/mol. The van der Waals surface area contributed by atoms with Crippen LogP contribution in [0.15, 0.2) is 61.1 Å². The van der Waals surface area contributed by atoms with Crippen LogP contribution in [-0.2, 0) is 17.5 Å². The summed E-state index contributed by atoms with van der Waals surface area (Å²) in [4.78, 5) is 29.2. The van der Waals surface area contributed by atoms with E-state index in [0.29, 0.717) is 16.6 Å². The van der Waals surface area contributed by atoms with E-state index >= 15 is 0 Å². The molecule has 4 aromatic rings. The van der Waals surface area contributed by atoms with Crippen LogP contribution in [0.5, 0.6) is 0 Å². The zero-order valence-electron chi connectivity index (χ0n) is 20.1. The zero-order chi connectivity index (χ0) is 26.9. The van der Waals surface area contributed by atoms with Crippen molar-refractivity contribution in [2.24, 2.45) is 5.92 Å². The number of nitrogens with one attached hydrogen (secondary N) is 2. The van der Waals surface area contributed by atoms with Crippen LogP contribution in [-0.4, -0.2) is 26.6 Å². The number of hydrogen-bond donors (Lipinski definition) is 2. The molecule has 7 nitrogen and oxygen atoms in total. The van der Waals surface area contributed by atoms with Gasteiger partial charge in [0.05, 0.1) is 45.4 Å². The number of hydrogen-bond acceptors (Lipinski definition) is 4. The van der Waals surface area contributed by atoms with E-state index in [1.165, 1.54) is 17.1 Å². The molecule has 0 unspecified atom stereocenters. The number of carbonyl (C=O) groups excluding carboxylic acids is 2. The molecule has 1 aliphatic rings. The summed E-state index contributed by atoms with van der Waals surface area (Å²) in [6.07, 6.45) is 2.86. The summed E-state index contributed by atoms with van der Waals surface area (Å²) in [6, 6.07) is 10.9. The number of anilines is 1. The van der Waals surface area contributed by atoms with Crippen molar-refractivity contribution in [2.75, 3.05) is 5.32 Å². The molecule has 2 aromatic heterocycles. The Morgan fingerprint density at radius 2 is 1.84 bits per heavy atom. The van der Waals surface area contributed by atoms with Crippen molar-refractivity contribution >= 4 is 40.0 Å². The smallest absolute Gasteiger partial charge is 0.352 e. The highest BCUT2D eigenvalue weighted by atomic mass is 35.5. The first-order valence-electron chi connectivity index (χ1n) is 12.1. The van der Waals surface area contributed by atoms with Crippen LogP contribution in [0.3, 0.4) is 0 Å². The Morgan fingerprint density at radius 1 is 1.05 bits per heavy atom. The number of alkyl halides is 3. The molecule has 2 amide bonds. The maximum absolute atomic E-state index is 13.2. The number of amides is 2. The minimum atomic E-state index is -4.54. The van der Waals surface area contributed by atoms with Crippen molar-refractivity contribution in [1.29, 1.82) is 0 Å². The average Bonchev–Trinajstić information content (AvgIpc) is 3.59. The third-order valence-electron chi connectivity index (χ3n) is 6.63. The maximum atomic E-state index is 13.2. The van der Waals surface area contributed by atoms with Gasteiger partial charge in [-0.15, -0.1) is 0 Å². The topological polar surface area (TPSA) is 88.9 Å². The van der Waals surface area contributed by atoms with Gasteiger partial charge in [-0.1, -0.05) is 36.6 Å². The van der Waals surface area contributed by atoms with E-state index < -0.39 is 17.6 Å². The monoisotopic (exact) mass is 541 g/mol. The standard InChI is InChI=1S/C27H23ClF3N5O2/c28-22-9-8-16(12-33-25(37)17-4-1-2-5-17)10-20(22)26(38)35-23-6-3-7-24-21(23)15-34-36(24)19-11-18(13-32-14-19)27(29,30)31/h3,6-11,13-15,17H,1-2,4-5,12H2,(H,33,37)(H,35,38). The normalized spacial score (nSPS) is 14.1. The van der Waals surface area contributed by atoms with E-state index in [1.807, 2.05) is 0 Å². The van der Waals surface area contributed by atoms with Gasteiger partial charge in [0.15, 0.2) is 0 Å². The summed E-state index contributed by atoms with van der Waals surface area (Å²) in [7, 11) is 0. The highest BCUT2D eigenvalue weighted by molar-refractivity contribution is 6.34. The number of aromatic nitrogens is 3. The lowest BCUT2D eigenvalue weighted by molar-refractivity contribution is -0.137. The quantitative estimate of drug-likeness (QED) is 0.306. The van der Waals surface area contributed by atoms with Crippen LogP contribution in [0.1, 0.15) is 47.2 Å². The fourth-order valence-corrected chi connectivity index (χ4v) is 4.84. The van der Waals surface area contributed by atoms with E-state index in [2.05, 4.69) is 20.7 Å². The van der Waals surface area contributed by atoms with E-state index in [1.54, 1.807) is 36.4 Å². The maximum Gasteiger partial charge on any atom is 0.417 e. The first-order valence-corrected chi connectivity index (χ1v) is 12.5. The summed E-state index contributed by atoms with van der Waals surface area (Å²) >= 11 is 6.31. The van der Waals surface area contributed by atoms with Crippen LogP contribution in [0.4, 0.5) is 18.9 Å². The van der Waals surface area contributed by atoms with Crippen molar-refractivity contribution in [3.63, 3.8) is 0 Å². The summed E-state index contributed by atoms with van der Waals surface area (Å²) in [6.45, 7) is 0.278. The summed E-state index contributed by atoms with van der Waals surface area (Å²) in [5.74, 6) is -0.416. The van der Waals surface area contributed by atoms with Crippen LogP contribution in [0.2, 0.25) is 5.02 Å². The molecule has 2 aromatic carbocycles. The van der Waals surface area contributed by atoms with Crippen molar-refractivity contribution in [3.8, 4) is 5.69 Å². The molecule has 2 N–H and O–H groups in total. The molecule has 1 saturated carbocycles. The third kappa shape index (κ3) is 5.35. The Morgan fingerprint density at radius 3 is 2.61 bits per heavy atom. The van der Waals surface area contributed by atoms with Gasteiger partial charge in [-0.05, 0) is 48.7 Å².